The van der Waals surface area contributed by atoms with Gasteiger partial charge in [-0.2, -0.15) is 12.6 Å². The van der Waals surface area contributed by atoms with Crippen molar-refractivity contribution in [3.05, 3.63) is 28.2 Å². The van der Waals surface area contributed by atoms with Crippen molar-refractivity contribution in [1.82, 2.24) is 0 Å². The van der Waals surface area contributed by atoms with Crippen LogP contribution in [0.1, 0.15) is 6.42 Å². The lowest BCUT2D eigenvalue weighted by Crippen LogP contribution is -2.25. The molecule has 0 aromatic heterocycles. The van der Waals surface area contributed by atoms with Gasteiger partial charge in [-0.15, -0.1) is 0 Å². The Bertz CT molecular complexity index is 455. The number of carbonyl (C=O) groups excluding carboxylic acids is 1. The molecule has 1 aliphatic heterocycles. The number of rotatable bonds is 1. The van der Waals surface area contributed by atoms with Crippen molar-refractivity contribution < 1.29 is 13.6 Å². The average molecular weight is 308 g/mol. The van der Waals surface area contributed by atoms with Gasteiger partial charge in [-0.3, -0.25) is 4.79 Å². The monoisotopic (exact) mass is 307 g/mol. The maximum atomic E-state index is 13.5. The smallest absolute Gasteiger partial charge is 0.228 e. The highest BCUT2D eigenvalue weighted by atomic mass is 79.9. The summed E-state index contributed by atoms with van der Waals surface area (Å²) in [7, 11) is 0. The minimum absolute atomic E-state index is 0.0924. The van der Waals surface area contributed by atoms with Crippen LogP contribution in [0.2, 0.25) is 0 Å². The highest BCUT2D eigenvalue weighted by molar-refractivity contribution is 9.10. The number of hydrogen-bond acceptors (Lipinski definition) is 2. The van der Waals surface area contributed by atoms with E-state index in [-0.39, 0.29) is 27.7 Å². The highest BCUT2D eigenvalue weighted by Gasteiger charge is 2.30. The van der Waals surface area contributed by atoms with E-state index in [1.165, 1.54) is 11.0 Å². The fourth-order valence-electron chi connectivity index (χ4n) is 1.64. The maximum Gasteiger partial charge on any atom is 0.228 e. The molecule has 0 saturated carbocycles. The van der Waals surface area contributed by atoms with Crippen molar-refractivity contribution >= 4 is 40.2 Å². The molecule has 2 nitrogen and oxygen atoms in total. The molecule has 1 unspecified atom stereocenters. The Morgan fingerprint density at radius 3 is 2.62 bits per heavy atom. The molecule has 1 aliphatic rings. The summed E-state index contributed by atoms with van der Waals surface area (Å²) in [6.45, 7) is 0.344. The molecule has 1 heterocycles. The van der Waals surface area contributed by atoms with Gasteiger partial charge in [-0.25, -0.2) is 8.78 Å². The second-order valence-electron chi connectivity index (χ2n) is 3.58. The number of anilines is 1. The van der Waals surface area contributed by atoms with Crippen LogP contribution in [0, 0.1) is 11.6 Å². The van der Waals surface area contributed by atoms with Crippen molar-refractivity contribution in [2.24, 2.45) is 0 Å². The number of hydrogen-bond donors (Lipinski definition) is 1. The van der Waals surface area contributed by atoms with Gasteiger partial charge in [-0.05, 0) is 22.0 Å². The van der Waals surface area contributed by atoms with E-state index in [4.69, 9.17) is 0 Å². The van der Waals surface area contributed by atoms with Crippen LogP contribution in [0.25, 0.3) is 0 Å². The molecule has 1 amide bonds. The lowest BCUT2D eigenvalue weighted by Gasteiger charge is -2.17. The quantitative estimate of drug-likeness (QED) is 0.625. The van der Waals surface area contributed by atoms with E-state index in [2.05, 4.69) is 28.6 Å². The molecule has 16 heavy (non-hydrogen) atoms. The number of carbonyl (C=O) groups is 1. The standard InChI is InChI=1S/C10H8BrF2NOS/c11-6-2-9(8(13)3-7(6)12)14-4-5(16)1-10(14)15/h2-3,5,16H,1,4H2. The van der Waals surface area contributed by atoms with Gasteiger partial charge in [0.1, 0.15) is 11.6 Å². The molecule has 0 radical (unpaired) electrons. The first-order chi connectivity index (χ1) is 7.49. The van der Waals surface area contributed by atoms with Crippen molar-refractivity contribution in [1.29, 1.82) is 0 Å². The van der Waals surface area contributed by atoms with E-state index < -0.39 is 11.6 Å². The number of halogens is 3. The predicted molar refractivity (Wildman–Crippen MR) is 63.8 cm³/mol. The van der Waals surface area contributed by atoms with Crippen LogP contribution in [0.15, 0.2) is 16.6 Å². The second-order valence-corrected chi connectivity index (χ2v) is 5.16. The van der Waals surface area contributed by atoms with Gasteiger partial charge >= 0.3 is 0 Å². The summed E-state index contributed by atoms with van der Waals surface area (Å²) in [4.78, 5) is 12.8. The summed E-state index contributed by atoms with van der Waals surface area (Å²) in [5, 5.41) is -0.101. The Kier molecular flexibility index (Phi) is 3.21. The van der Waals surface area contributed by atoms with Crippen LogP contribution >= 0.6 is 28.6 Å². The Balaban J connectivity index is 2.41. The molecule has 1 saturated heterocycles. The lowest BCUT2D eigenvalue weighted by molar-refractivity contribution is -0.117. The zero-order valence-corrected chi connectivity index (χ0v) is 10.6. The Hall–Kier alpha value is -0.620. The first-order valence-electron chi connectivity index (χ1n) is 4.62. The minimum Gasteiger partial charge on any atom is -0.308 e. The maximum absolute atomic E-state index is 13.5. The normalized spacial score (nSPS) is 20.6. The molecule has 1 aromatic carbocycles. The third-order valence-corrected chi connectivity index (χ3v) is 3.34. The molecule has 1 atom stereocenters. The van der Waals surface area contributed by atoms with Crippen LogP contribution in [0.3, 0.4) is 0 Å². The Morgan fingerprint density at radius 2 is 2.06 bits per heavy atom. The van der Waals surface area contributed by atoms with Crippen LogP contribution in [0.5, 0.6) is 0 Å². The van der Waals surface area contributed by atoms with Gasteiger partial charge in [0.05, 0.1) is 10.2 Å². The minimum atomic E-state index is -0.739. The molecular formula is C10H8BrF2NOS. The molecule has 0 bridgehead atoms. The van der Waals surface area contributed by atoms with Gasteiger partial charge in [0.15, 0.2) is 0 Å². The molecule has 0 N–H and O–H groups in total. The summed E-state index contributed by atoms with van der Waals surface area (Å²) in [5.74, 6) is -1.62. The van der Waals surface area contributed by atoms with Crippen LogP contribution < -0.4 is 4.90 Å². The van der Waals surface area contributed by atoms with Crippen molar-refractivity contribution in [3.63, 3.8) is 0 Å². The second kappa shape index (κ2) is 4.33. The van der Waals surface area contributed by atoms with Gasteiger partial charge < -0.3 is 4.90 Å². The first kappa shape index (κ1) is 11.9. The fourth-order valence-corrected chi connectivity index (χ4v) is 2.29. The Labute approximate surface area is 105 Å². The largest absolute Gasteiger partial charge is 0.308 e. The topological polar surface area (TPSA) is 20.3 Å². The lowest BCUT2D eigenvalue weighted by atomic mass is 10.2. The zero-order valence-electron chi connectivity index (χ0n) is 8.08. The average Bonchev–Trinajstić information content (AvgIpc) is 2.51. The SMILES string of the molecule is O=C1CC(S)CN1c1cc(Br)c(F)cc1F. The molecule has 6 heteroatoms. The van der Waals surface area contributed by atoms with Crippen molar-refractivity contribution in [2.45, 2.75) is 11.7 Å². The van der Waals surface area contributed by atoms with E-state index in [1.54, 1.807) is 0 Å². The van der Waals surface area contributed by atoms with Crippen LogP contribution in [-0.2, 0) is 4.79 Å². The summed E-state index contributed by atoms with van der Waals surface area (Å²) in [6.07, 6.45) is 0.275. The molecular weight excluding hydrogens is 300 g/mol. The number of amides is 1. The molecule has 0 aliphatic carbocycles. The molecule has 1 fully saturated rings. The van der Waals surface area contributed by atoms with Crippen LogP contribution in [-0.4, -0.2) is 17.7 Å². The van der Waals surface area contributed by atoms with Crippen molar-refractivity contribution in [3.8, 4) is 0 Å². The van der Waals surface area contributed by atoms with Crippen molar-refractivity contribution in [2.75, 3.05) is 11.4 Å². The third-order valence-electron chi connectivity index (χ3n) is 2.39. The van der Waals surface area contributed by atoms with E-state index in [1.807, 2.05) is 0 Å². The zero-order chi connectivity index (χ0) is 11.9. The summed E-state index contributed by atoms with van der Waals surface area (Å²) in [5.41, 5.74) is 0.0924. The Morgan fingerprint density at radius 1 is 1.38 bits per heavy atom. The van der Waals surface area contributed by atoms with Gasteiger partial charge in [0, 0.05) is 24.3 Å². The van der Waals surface area contributed by atoms with E-state index in [0.29, 0.717) is 6.54 Å². The van der Waals surface area contributed by atoms with Crippen LogP contribution in [0.4, 0.5) is 14.5 Å². The van der Waals surface area contributed by atoms with E-state index >= 15 is 0 Å². The number of nitrogens with zero attached hydrogens (tertiary/aromatic N) is 1. The number of thiol groups is 1. The first-order valence-corrected chi connectivity index (χ1v) is 5.93. The summed E-state index contributed by atoms with van der Waals surface area (Å²) >= 11 is 7.13. The third kappa shape index (κ3) is 2.08. The summed E-state index contributed by atoms with van der Waals surface area (Å²) in [6, 6.07) is 2.03. The molecule has 2 rings (SSSR count). The molecule has 1 aromatic rings. The van der Waals surface area contributed by atoms with Gasteiger partial charge in [0.2, 0.25) is 5.91 Å². The van der Waals surface area contributed by atoms with E-state index in [0.717, 1.165) is 6.07 Å². The van der Waals surface area contributed by atoms with Gasteiger partial charge in [-0.1, -0.05) is 0 Å². The number of benzene rings is 1. The predicted octanol–water partition coefficient (Wildman–Crippen LogP) is 2.76. The van der Waals surface area contributed by atoms with E-state index in [9.17, 15) is 13.6 Å². The fraction of sp³-hybridized carbons (Fsp3) is 0.300. The molecule has 86 valence electrons. The summed E-state index contributed by atoms with van der Waals surface area (Å²) < 4.78 is 26.7. The molecule has 0 spiro atoms. The highest BCUT2D eigenvalue weighted by Crippen LogP contribution is 2.30. The van der Waals surface area contributed by atoms with Gasteiger partial charge in [0.25, 0.3) is 0 Å².